The molecule has 0 atom stereocenters. The maximum Gasteiger partial charge on any atom is 0.130 e. The van der Waals surface area contributed by atoms with Gasteiger partial charge in [-0.15, -0.1) is 0 Å². The molecule has 2 rings (SSSR count). The zero-order chi connectivity index (χ0) is 14.9. The Labute approximate surface area is 121 Å². The van der Waals surface area contributed by atoms with Crippen molar-refractivity contribution in [2.75, 3.05) is 11.1 Å². The second-order valence-corrected chi connectivity index (χ2v) is 6.28. The fourth-order valence-corrected chi connectivity index (χ4v) is 2.05. The molecule has 0 aliphatic rings. The molecular weight excluding hydrogens is 246 g/mol. The summed E-state index contributed by atoms with van der Waals surface area (Å²) < 4.78 is 0. The lowest BCUT2D eigenvalue weighted by molar-refractivity contribution is 0.590. The van der Waals surface area contributed by atoms with E-state index >= 15 is 0 Å². The SMILES string of the molecule is Cc1cc(C(C)(C)C)ccc1Nc1ccc(N)c(C)n1. The van der Waals surface area contributed by atoms with Crippen LogP contribution >= 0.6 is 0 Å². The molecule has 1 aromatic carbocycles. The predicted octanol–water partition coefficient (Wildman–Crippen LogP) is 4.32. The van der Waals surface area contributed by atoms with Gasteiger partial charge in [-0.25, -0.2) is 4.98 Å². The number of nitrogens with one attached hydrogen (secondary N) is 1. The van der Waals surface area contributed by atoms with Gasteiger partial charge in [-0.05, 0) is 48.6 Å². The largest absolute Gasteiger partial charge is 0.397 e. The standard InChI is InChI=1S/C17H23N3/c1-11-10-13(17(3,4)5)6-8-15(11)20-16-9-7-14(18)12(2)19-16/h6-10H,18H2,1-5H3,(H,19,20). The highest BCUT2D eigenvalue weighted by Gasteiger charge is 2.14. The van der Waals surface area contributed by atoms with Crippen LogP contribution in [0.25, 0.3) is 0 Å². The van der Waals surface area contributed by atoms with Crippen molar-refractivity contribution < 1.29 is 0 Å². The molecule has 0 unspecified atom stereocenters. The van der Waals surface area contributed by atoms with E-state index in [2.05, 4.69) is 56.2 Å². The van der Waals surface area contributed by atoms with Crippen LogP contribution in [0, 0.1) is 13.8 Å². The van der Waals surface area contributed by atoms with Gasteiger partial charge in [0.1, 0.15) is 5.82 Å². The Hall–Kier alpha value is -2.03. The van der Waals surface area contributed by atoms with E-state index in [1.54, 1.807) is 0 Å². The van der Waals surface area contributed by atoms with Crippen molar-refractivity contribution in [1.29, 1.82) is 0 Å². The highest BCUT2D eigenvalue weighted by Crippen LogP contribution is 2.28. The number of pyridine rings is 1. The lowest BCUT2D eigenvalue weighted by Crippen LogP contribution is -2.11. The van der Waals surface area contributed by atoms with Crippen LogP contribution in [0.5, 0.6) is 0 Å². The molecular formula is C17H23N3. The number of nitrogens with zero attached hydrogens (tertiary/aromatic N) is 1. The van der Waals surface area contributed by atoms with Crippen molar-refractivity contribution in [3.63, 3.8) is 0 Å². The van der Waals surface area contributed by atoms with E-state index in [9.17, 15) is 0 Å². The molecule has 0 bridgehead atoms. The molecule has 1 heterocycles. The molecule has 3 heteroatoms. The summed E-state index contributed by atoms with van der Waals surface area (Å²) in [7, 11) is 0. The quantitative estimate of drug-likeness (QED) is 0.853. The third-order valence-electron chi connectivity index (χ3n) is 3.48. The van der Waals surface area contributed by atoms with Crippen LogP contribution in [0.15, 0.2) is 30.3 Å². The van der Waals surface area contributed by atoms with Gasteiger partial charge in [-0.1, -0.05) is 32.9 Å². The Morgan fingerprint density at radius 2 is 1.75 bits per heavy atom. The van der Waals surface area contributed by atoms with Crippen LogP contribution in [-0.2, 0) is 5.41 Å². The fourth-order valence-electron chi connectivity index (χ4n) is 2.05. The first kappa shape index (κ1) is 14.4. The van der Waals surface area contributed by atoms with Crippen LogP contribution in [-0.4, -0.2) is 4.98 Å². The molecule has 1 aromatic heterocycles. The molecule has 20 heavy (non-hydrogen) atoms. The van der Waals surface area contributed by atoms with E-state index in [1.165, 1.54) is 11.1 Å². The van der Waals surface area contributed by atoms with Crippen LogP contribution < -0.4 is 11.1 Å². The summed E-state index contributed by atoms with van der Waals surface area (Å²) in [5.41, 5.74) is 11.1. The van der Waals surface area contributed by atoms with Gasteiger partial charge in [0.15, 0.2) is 0 Å². The summed E-state index contributed by atoms with van der Waals surface area (Å²) in [5.74, 6) is 0.823. The van der Waals surface area contributed by atoms with Gasteiger partial charge in [-0.3, -0.25) is 0 Å². The number of nitrogens with two attached hydrogens (primary N) is 1. The number of benzene rings is 1. The molecule has 0 saturated heterocycles. The first-order valence-electron chi connectivity index (χ1n) is 6.88. The van der Waals surface area contributed by atoms with Crippen molar-refractivity contribution >= 4 is 17.2 Å². The van der Waals surface area contributed by atoms with Gasteiger partial charge >= 0.3 is 0 Å². The number of aromatic nitrogens is 1. The predicted molar refractivity (Wildman–Crippen MR) is 86.5 cm³/mol. The Morgan fingerprint density at radius 1 is 1.05 bits per heavy atom. The third kappa shape index (κ3) is 3.10. The molecule has 3 nitrogen and oxygen atoms in total. The van der Waals surface area contributed by atoms with Crippen molar-refractivity contribution in [1.82, 2.24) is 4.98 Å². The van der Waals surface area contributed by atoms with Crippen LogP contribution in [0.4, 0.5) is 17.2 Å². The Bertz CT molecular complexity index is 625. The lowest BCUT2D eigenvalue weighted by atomic mass is 9.86. The molecule has 0 amide bonds. The summed E-state index contributed by atoms with van der Waals surface area (Å²) in [6.45, 7) is 10.7. The molecule has 0 fully saturated rings. The monoisotopic (exact) mass is 269 g/mol. The summed E-state index contributed by atoms with van der Waals surface area (Å²) in [4.78, 5) is 4.44. The molecule has 0 aliphatic heterocycles. The van der Waals surface area contributed by atoms with E-state index in [0.29, 0.717) is 0 Å². The molecule has 106 valence electrons. The summed E-state index contributed by atoms with van der Waals surface area (Å²) in [5, 5.41) is 3.35. The maximum absolute atomic E-state index is 5.79. The summed E-state index contributed by atoms with van der Waals surface area (Å²) in [6.07, 6.45) is 0. The maximum atomic E-state index is 5.79. The van der Waals surface area contributed by atoms with Gasteiger partial charge in [0.2, 0.25) is 0 Å². The minimum absolute atomic E-state index is 0.166. The van der Waals surface area contributed by atoms with E-state index in [0.717, 1.165) is 22.9 Å². The zero-order valence-electron chi connectivity index (χ0n) is 12.9. The number of rotatable bonds is 2. The van der Waals surface area contributed by atoms with Gasteiger partial charge < -0.3 is 11.1 Å². The van der Waals surface area contributed by atoms with Crippen molar-refractivity contribution in [2.45, 2.75) is 40.0 Å². The average molecular weight is 269 g/mol. The van der Waals surface area contributed by atoms with E-state index in [-0.39, 0.29) is 5.41 Å². The summed E-state index contributed by atoms with van der Waals surface area (Å²) >= 11 is 0. The van der Waals surface area contributed by atoms with Gasteiger partial charge in [-0.2, -0.15) is 0 Å². The van der Waals surface area contributed by atoms with Gasteiger partial charge in [0.25, 0.3) is 0 Å². The number of aryl methyl sites for hydroxylation is 2. The Morgan fingerprint density at radius 3 is 2.30 bits per heavy atom. The molecule has 3 N–H and O–H groups in total. The van der Waals surface area contributed by atoms with Gasteiger partial charge in [0, 0.05) is 5.69 Å². The smallest absolute Gasteiger partial charge is 0.130 e. The van der Waals surface area contributed by atoms with Crippen molar-refractivity contribution in [3.8, 4) is 0 Å². The lowest BCUT2D eigenvalue weighted by Gasteiger charge is -2.21. The minimum atomic E-state index is 0.166. The molecule has 2 aromatic rings. The second-order valence-electron chi connectivity index (χ2n) is 6.28. The number of hydrogen-bond acceptors (Lipinski definition) is 3. The van der Waals surface area contributed by atoms with Crippen molar-refractivity contribution in [3.05, 3.63) is 47.2 Å². The van der Waals surface area contributed by atoms with E-state index in [4.69, 9.17) is 5.73 Å². The molecule has 0 radical (unpaired) electrons. The second kappa shape index (κ2) is 5.16. The number of anilines is 3. The normalized spacial score (nSPS) is 11.4. The average Bonchev–Trinajstić information content (AvgIpc) is 2.35. The van der Waals surface area contributed by atoms with Gasteiger partial charge in [0.05, 0.1) is 11.4 Å². The Kier molecular flexibility index (Phi) is 3.71. The van der Waals surface area contributed by atoms with Crippen LogP contribution in [0.2, 0.25) is 0 Å². The topological polar surface area (TPSA) is 50.9 Å². The van der Waals surface area contributed by atoms with Crippen molar-refractivity contribution in [2.24, 2.45) is 0 Å². The highest BCUT2D eigenvalue weighted by atomic mass is 15.0. The number of hydrogen-bond donors (Lipinski definition) is 2. The third-order valence-corrected chi connectivity index (χ3v) is 3.48. The minimum Gasteiger partial charge on any atom is -0.397 e. The zero-order valence-corrected chi connectivity index (χ0v) is 12.9. The first-order chi connectivity index (χ1) is 9.27. The van der Waals surface area contributed by atoms with Crippen LogP contribution in [0.3, 0.4) is 0 Å². The van der Waals surface area contributed by atoms with E-state index < -0.39 is 0 Å². The first-order valence-corrected chi connectivity index (χ1v) is 6.88. The molecule has 0 saturated carbocycles. The highest BCUT2D eigenvalue weighted by molar-refractivity contribution is 5.62. The fraction of sp³-hybridized carbons (Fsp3) is 0.353. The number of nitrogen functional groups attached to an aromatic ring is 1. The van der Waals surface area contributed by atoms with E-state index in [1.807, 2.05) is 19.1 Å². The molecule has 0 aliphatic carbocycles. The van der Waals surface area contributed by atoms with Crippen LogP contribution in [0.1, 0.15) is 37.6 Å². The Balaban J connectivity index is 2.28. The molecule has 0 spiro atoms. The summed E-state index contributed by atoms with van der Waals surface area (Å²) in [6, 6.07) is 10.3.